The highest BCUT2D eigenvalue weighted by Crippen LogP contribution is 2.20. The first-order valence-electron chi connectivity index (χ1n) is 6.00. The second kappa shape index (κ2) is 4.66. The second-order valence-corrected chi connectivity index (χ2v) is 4.14. The molecule has 0 radical (unpaired) electrons. The van der Waals surface area contributed by atoms with Gasteiger partial charge in [0, 0.05) is 25.4 Å². The van der Waals surface area contributed by atoms with Crippen molar-refractivity contribution in [1.82, 2.24) is 19.9 Å². The maximum absolute atomic E-state index is 5.60. The van der Waals surface area contributed by atoms with Crippen LogP contribution >= 0.6 is 0 Å². The highest BCUT2D eigenvalue weighted by atomic mass is 15.0. The van der Waals surface area contributed by atoms with Crippen LogP contribution in [-0.2, 0) is 6.54 Å². The minimum atomic E-state index is 0.413. The summed E-state index contributed by atoms with van der Waals surface area (Å²) in [6.07, 6.45) is 1.73. The van der Waals surface area contributed by atoms with Crippen LogP contribution in [-0.4, -0.2) is 27.0 Å². The van der Waals surface area contributed by atoms with E-state index in [9.17, 15) is 0 Å². The fourth-order valence-electron chi connectivity index (χ4n) is 1.91. The second-order valence-electron chi connectivity index (χ2n) is 4.14. The molecule has 3 rings (SSSR count). The molecule has 0 spiro atoms. The molecule has 0 bridgehead atoms. The van der Waals surface area contributed by atoms with Gasteiger partial charge in [0.05, 0.1) is 11.2 Å². The fraction of sp³-hybridized carbons (Fsp3) is 0.154. The van der Waals surface area contributed by atoms with Crippen molar-refractivity contribution >= 4 is 17.0 Å². The quantitative estimate of drug-likeness (QED) is 0.659. The molecule has 0 saturated heterocycles. The van der Waals surface area contributed by atoms with Crippen LogP contribution in [0.25, 0.3) is 22.6 Å². The summed E-state index contributed by atoms with van der Waals surface area (Å²) in [6, 6.07) is 7.68. The van der Waals surface area contributed by atoms with E-state index in [1.165, 1.54) is 0 Å². The summed E-state index contributed by atoms with van der Waals surface area (Å²) in [5.41, 5.74) is 8.98. The van der Waals surface area contributed by atoms with E-state index in [4.69, 9.17) is 5.73 Å². The Labute approximate surface area is 110 Å². The summed E-state index contributed by atoms with van der Waals surface area (Å²) in [6.45, 7) is 0.413. The number of imidazole rings is 1. The summed E-state index contributed by atoms with van der Waals surface area (Å²) in [5.74, 6) is 1.57. The van der Waals surface area contributed by atoms with E-state index in [1.807, 2.05) is 31.3 Å². The summed E-state index contributed by atoms with van der Waals surface area (Å²) in [4.78, 5) is 16.3. The van der Waals surface area contributed by atoms with E-state index in [1.54, 1.807) is 6.20 Å². The number of nitrogens with zero attached hydrogens (tertiary/aromatic N) is 3. The first-order chi connectivity index (χ1) is 9.30. The molecule has 0 fully saturated rings. The third-order valence-electron chi connectivity index (χ3n) is 2.90. The number of fused-ring (bicyclic) bond motifs is 1. The number of hydrogen-bond donors (Lipinski definition) is 3. The molecule has 0 atom stereocenters. The predicted molar refractivity (Wildman–Crippen MR) is 74.6 cm³/mol. The zero-order valence-electron chi connectivity index (χ0n) is 10.5. The van der Waals surface area contributed by atoms with Crippen LogP contribution in [0.3, 0.4) is 0 Å². The lowest BCUT2D eigenvalue weighted by atomic mass is 10.2. The molecule has 0 amide bonds. The molecule has 4 N–H and O–H groups in total. The molecule has 0 aromatic carbocycles. The predicted octanol–water partition coefficient (Wildman–Crippen LogP) is 1.52. The minimum absolute atomic E-state index is 0.413. The van der Waals surface area contributed by atoms with Crippen LogP contribution in [0.5, 0.6) is 0 Å². The summed E-state index contributed by atoms with van der Waals surface area (Å²) >= 11 is 0. The molecular weight excluding hydrogens is 240 g/mol. The van der Waals surface area contributed by atoms with Crippen LogP contribution in [0.1, 0.15) is 5.69 Å². The SMILES string of the molecule is CNc1ccc2[nH]c(-c3ccnc(CN)c3)nc2n1. The van der Waals surface area contributed by atoms with Gasteiger partial charge in [-0.25, -0.2) is 9.97 Å². The van der Waals surface area contributed by atoms with Crippen molar-refractivity contribution in [2.45, 2.75) is 6.54 Å². The van der Waals surface area contributed by atoms with Gasteiger partial charge >= 0.3 is 0 Å². The number of nitrogens with one attached hydrogen (secondary N) is 2. The lowest BCUT2D eigenvalue weighted by molar-refractivity contribution is 0.990. The highest BCUT2D eigenvalue weighted by molar-refractivity contribution is 5.77. The molecule has 3 heterocycles. The summed E-state index contributed by atoms with van der Waals surface area (Å²) in [7, 11) is 1.83. The smallest absolute Gasteiger partial charge is 0.180 e. The van der Waals surface area contributed by atoms with Gasteiger partial charge in [-0.05, 0) is 24.3 Å². The number of anilines is 1. The van der Waals surface area contributed by atoms with Gasteiger partial charge < -0.3 is 16.0 Å². The normalized spacial score (nSPS) is 10.8. The van der Waals surface area contributed by atoms with Crippen LogP contribution in [0.2, 0.25) is 0 Å². The molecule has 0 aliphatic carbocycles. The first kappa shape index (κ1) is 11.6. The lowest BCUT2D eigenvalue weighted by Gasteiger charge is -1.98. The Morgan fingerprint density at radius 3 is 2.95 bits per heavy atom. The van der Waals surface area contributed by atoms with Crippen molar-refractivity contribution in [2.75, 3.05) is 12.4 Å². The van der Waals surface area contributed by atoms with Crippen molar-refractivity contribution < 1.29 is 0 Å². The Bertz CT molecular complexity index is 718. The maximum Gasteiger partial charge on any atom is 0.180 e. The molecule has 6 nitrogen and oxygen atoms in total. The summed E-state index contributed by atoms with van der Waals surface area (Å²) < 4.78 is 0. The van der Waals surface area contributed by atoms with E-state index >= 15 is 0 Å². The van der Waals surface area contributed by atoms with E-state index in [2.05, 4.69) is 25.3 Å². The number of H-pyrrole nitrogens is 1. The van der Waals surface area contributed by atoms with Gasteiger partial charge in [-0.15, -0.1) is 0 Å². The van der Waals surface area contributed by atoms with Gasteiger partial charge in [0.2, 0.25) is 0 Å². The average Bonchev–Trinajstić information content (AvgIpc) is 2.90. The van der Waals surface area contributed by atoms with Gasteiger partial charge in [-0.3, -0.25) is 4.98 Å². The number of pyridine rings is 2. The highest BCUT2D eigenvalue weighted by Gasteiger charge is 2.07. The van der Waals surface area contributed by atoms with Crippen molar-refractivity contribution in [3.05, 3.63) is 36.2 Å². The molecular formula is C13H14N6. The van der Waals surface area contributed by atoms with Gasteiger partial charge in [0.15, 0.2) is 5.65 Å². The third kappa shape index (κ3) is 2.13. The number of aromatic amines is 1. The van der Waals surface area contributed by atoms with E-state index in [0.717, 1.165) is 28.4 Å². The van der Waals surface area contributed by atoms with Crippen molar-refractivity contribution in [2.24, 2.45) is 5.73 Å². The van der Waals surface area contributed by atoms with Gasteiger partial charge in [0.25, 0.3) is 0 Å². The van der Waals surface area contributed by atoms with Gasteiger partial charge in [-0.1, -0.05) is 0 Å². The van der Waals surface area contributed by atoms with E-state index in [-0.39, 0.29) is 0 Å². The Hall–Kier alpha value is -2.47. The van der Waals surface area contributed by atoms with E-state index < -0.39 is 0 Å². The molecule has 0 aliphatic heterocycles. The Morgan fingerprint density at radius 2 is 2.16 bits per heavy atom. The summed E-state index contributed by atoms with van der Waals surface area (Å²) in [5, 5.41) is 2.99. The number of nitrogens with two attached hydrogens (primary N) is 1. The van der Waals surface area contributed by atoms with Crippen molar-refractivity contribution in [3.63, 3.8) is 0 Å². The van der Waals surface area contributed by atoms with Crippen LogP contribution in [0.4, 0.5) is 5.82 Å². The molecule has 19 heavy (non-hydrogen) atoms. The molecule has 3 aromatic heterocycles. The average molecular weight is 254 g/mol. The van der Waals surface area contributed by atoms with Crippen LogP contribution in [0.15, 0.2) is 30.5 Å². The monoisotopic (exact) mass is 254 g/mol. The molecule has 96 valence electrons. The maximum atomic E-state index is 5.60. The third-order valence-corrected chi connectivity index (χ3v) is 2.90. The molecule has 0 unspecified atom stereocenters. The van der Waals surface area contributed by atoms with Crippen LogP contribution < -0.4 is 11.1 Å². The fourth-order valence-corrected chi connectivity index (χ4v) is 1.91. The van der Waals surface area contributed by atoms with Crippen molar-refractivity contribution in [3.8, 4) is 11.4 Å². The first-order valence-corrected chi connectivity index (χ1v) is 6.00. The number of aromatic nitrogens is 4. The van der Waals surface area contributed by atoms with Crippen molar-refractivity contribution in [1.29, 1.82) is 0 Å². The van der Waals surface area contributed by atoms with Gasteiger partial charge in [-0.2, -0.15) is 0 Å². The number of hydrogen-bond acceptors (Lipinski definition) is 5. The zero-order chi connectivity index (χ0) is 13.2. The minimum Gasteiger partial charge on any atom is -0.373 e. The lowest BCUT2D eigenvalue weighted by Crippen LogP contribution is -1.99. The van der Waals surface area contributed by atoms with E-state index in [0.29, 0.717) is 12.2 Å². The Kier molecular flexibility index (Phi) is 2.85. The van der Waals surface area contributed by atoms with Crippen LogP contribution in [0, 0.1) is 0 Å². The molecule has 0 saturated carbocycles. The van der Waals surface area contributed by atoms with Gasteiger partial charge in [0.1, 0.15) is 11.6 Å². The molecule has 3 aromatic rings. The molecule has 6 heteroatoms. The topological polar surface area (TPSA) is 92.5 Å². The largest absolute Gasteiger partial charge is 0.373 e. The zero-order valence-corrected chi connectivity index (χ0v) is 10.5. The Morgan fingerprint density at radius 1 is 1.26 bits per heavy atom. The number of rotatable bonds is 3. The standard InChI is InChI=1S/C13H14N6/c1-15-11-3-2-10-13(18-11)19-12(17-10)8-4-5-16-9(6-8)7-14/h2-6H,7,14H2,1H3,(H2,15,17,18,19). The Balaban J connectivity index is 2.09. The molecule has 0 aliphatic rings.